The minimum atomic E-state index is -0.496. The van der Waals surface area contributed by atoms with E-state index in [2.05, 4.69) is 20.3 Å². The molecule has 1 aromatic heterocycles. The number of carbonyl (C=O) groups excluding carboxylic acids is 1. The third kappa shape index (κ3) is 2.27. The van der Waals surface area contributed by atoms with Gasteiger partial charge in [0.05, 0.1) is 6.07 Å². The average Bonchev–Trinajstić information content (AvgIpc) is 2.66. The number of nitrogens with one attached hydrogen (secondary N) is 1. The van der Waals surface area contributed by atoms with Crippen molar-refractivity contribution in [3.63, 3.8) is 0 Å². The van der Waals surface area contributed by atoms with Crippen molar-refractivity contribution in [3.8, 4) is 6.07 Å². The summed E-state index contributed by atoms with van der Waals surface area (Å²) in [5.74, 6) is -0.449. The molecular formula is C7H8N4O2. The first-order valence-electron chi connectivity index (χ1n) is 3.76. The van der Waals surface area contributed by atoms with E-state index in [1.807, 2.05) is 6.07 Å². The van der Waals surface area contributed by atoms with Gasteiger partial charge >= 0.3 is 0 Å². The van der Waals surface area contributed by atoms with Crippen LogP contribution in [0.1, 0.15) is 23.8 Å². The van der Waals surface area contributed by atoms with Gasteiger partial charge in [-0.3, -0.25) is 4.79 Å². The van der Waals surface area contributed by atoms with E-state index < -0.39 is 11.9 Å². The molecule has 1 aromatic rings. The van der Waals surface area contributed by atoms with Gasteiger partial charge < -0.3 is 5.32 Å². The molecule has 0 radical (unpaired) electrons. The number of aromatic nitrogens is 2. The van der Waals surface area contributed by atoms with Crippen LogP contribution in [-0.4, -0.2) is 22.3 Å². The topological polar surface area (TPSA) is 91.8 Å². The van der Waals surface area contributed by atoms with Crippen molar-refractivity contribution in [2.75, 3.05) is 0 Å². The van der Waals surface area contributed by atoms with Gasteiger partial charge in [-0.05, 0) is 11.6 Å². The molecule has 0 aliphatic rings. The molecule has 0 saturated carbocycles. The zero-order valence-electron chi connectivity index (χ0n) is 7.02. The summed E-state index contributed by atoms with van der Waals surface area (Å²) in [7, 11) is 0. The summed E-state index contributed by atoms with van der Waals surface area (Å²) < 4.78 is 4.24. The molecule has 1 N–H and O–H groups in total. The van der Waals surface area contributed by atoms with Crippen LogP contribution in [0.4, 0.5) is 0 Å². The summed E-state index contributed by atoms with van der Waals surface area (Å²) in [6.45, 7) is 1.80. The number of carbonyl (C=O) groups is 1. The van der Waals surface area contributed by atoms with E-state index in [0.29, 0.717) is 6.42 Å². The Morgan fingerprint density at radius 1 is 1.92 bits per heavy atom. The van der Waals surface area contributed by atoms with Crippen molar-refractivity contribution < 1.29 is 9.42 Å². The predicted octanol–water partition coefficient (Wildman–Crippen LogP) is 0.102. The second-order valence-electron chi connectivity index (χ2n) is 2.36. The molecule has 1 heterocycles. The molecule has 0 saturated heterocycles. The van der Waals surface area contributed by atoms with Crippen molar-refractivity contribution >= 4 is 5.91 Å². The molecule has 6 nitrogen and oxygen atoms in total. The van der Waals surface area contributed by atoms with E-state index in [0.717, 1.165) is 0 Å². The Balaban J connectivity index is 2.57. The van der Waals surface area contributed by atoms with Gasteiger partial charge in [0.15, 0.2) is 5.69 Å². The smallest absolute Gasteiger partial charge is 0.276 e. The maximum Gasteiger partial charge on any atom is 0.276 e. The van der Waals surface area contributed by atoms with Crippen LogP contribution < -0.4 is 5.32 Å². The van der Waals surface area contributed by atoms with Gasteiger partial charge in [0, 0.05) is 0 Å². The van der Waals surface area contributed by atoms with Crippen molar-refractivity contribution in [2.45, 2.75) is 19.4 Å². The number of nitrogens with zero attached hydrogens (tertiary/aromatic N) is 3. The fraction of sp³-hybridized carbons (Fsp3) is 0.429. The van der Waals surface area contributed by atoms with Gasteiger partial charge in [0.1, 0.15) is 12.2 Å². The third-order valence-electron chi connectivity index (χ3n) is 1.46. The Bertz CT molecular complexity index is 314. The molecule has 0 fully saturated rings. The molecule has 0 spiro atoms. The number of nitriles is 1. The van der Waals surface area contributed by atoms with Crippen LogP contribution in [0.5, 0.6) is 0 Å². The lowest BCUT2D eigenvalue weighted by Gasteiger charge is -2.05. The van der Waals surface area contributed by atoms with E-state index in [-0.39, 0.29) is 5.69 Å². The van der Waals surface area contributed by atoms with Crippen molar-refractivity contribution in [3.05, 3.63) is 11.9 Å². The molecule has 0 bridgehead atoms. The first-order valence-corrected chi connectivity index (χ1v) is 3.76. The van der Waals surface area contributed by atoms with E-state index in [1.165, 1.54) is 6.20 Å². The van der Waals surface area contributed by atoms with Crippen molar-refractivity contribution in [2.24, 2.45) is 0 Å². The lowest BCUT2D eigenvalue weighted by molar-refractivity contribution is 0.0934. The Hall–Kier alpha value is -1.90. The fourth-order valence-corrected chi connectivity index (χ4v) is 0.723. The van der Waals surface area contributed by atoms with Gasteiger partial charge in [-0.15, -0.1) is 0 Å². The standard InChI is InChI=1S/C7H8N4O2/c1-2-5(3-8)10-7(12)6-4-9-13-11-6/h4-5H,2H2,1H3,(H,10,12)/t5-/m1/s1. The quantitative estimate of drug-likeness (QED) is 0.712. The molecule has 0 aliphatic carbocycles. The van der Waals surface area contributed by atoms with Crippen molar-refractivity contribution in [1.29, 1.82) is 5.26 Å². The van der Waals surface area contributed by atoms with Crippen LogP contribution in [0.3, 0.4) is 0 Å². The molecule has 0 aliphatic heterocycles. The summed E-state index contributed by atoms with van der Waals surface area (Å²) in [5, 5.41) is 17.6. The highest BCUT2D eigenvalue weighted by Crippen LogP contribution is 1.94. The summed E-state index contributed by atoms with van der Waals surface area (Å²) in [4.78, 5) is 11.2. The van der Waals surface area contributed by atoms with E-state index in [4.69, 9.17) is 5.26 Å². The highest BCUT2D eigenvalue weighted by atomic mass is 16.6. The molecule has 6 heteroatoms. The Kier molecular flexibility index (Phi) is 2.97. The summed E-state index contributed by atoms with van der Waals surface area (Å²) in [6.07, 6.45) is 1.74. The van der Waals surface area contributed by atoms with Gasteiger partial charge in [-0.2, -0.15) is 5.26 Å². The van der Waals surface area contributed by atoms with Gasteiger partial charge in [-0.25, -0.2) is 4.63 Å². The van der Waals surface area contributed by atoms with Crippen LogP contribution >= 0.6 is 0 Å². The van der Waals surface area contributed by atoms with Gasteiger partial charge in [0.25, 0.3) is 5.91 Å². The van der Waals surface area contributed by atoms with Crippen LogP contribution in [0.2, 0.25) is 0 Å². The number of rotatable bonds is 3. The number of amides is 1. The fourth-order valence-electron chi connectivity index (χ4n) is 0.723. The lowest BCUT2D eigenvalue weighted by atomic mass is 10.2. The maximum absolute atomic E-state index is 11.2. The van der Waals surface area contributed by atoms with Crippen LogP contribution in [-0.2, 0) is 0 Å². The Morgan fingerprint density at radius 2 is 2.69 bits per heavy atom. The van der Waals surface area contributed by atoms with Gasteiger partial charge in [-0.1, -0.05) is 12.1 Å². The Labute approximate surface area is 74.5 Å². The highest BCUT2D eigenvalue weighted by Gasteiger charge is 2.13. The number of hydrogen-bond acceptors (Lipinski definition) is 5. The van der Waals surface area contributed by atoms with Crippen LogP contribution in [0, 0.1) is 11.3 Å². The summed E-state index contributed by atoms with van der Waals surface area (Å²) in [5.41, 5.74) is 0.0775. The molecule has 1 atom stereocenters. The minimum Gasteiger partial charge on any atom is -0.335 e. The number of hydrogen-bond donors (Lipinski definition) is 1. The summed E-state index contributed by atoms with van der Waals surface area (Å²) in [6, 6.07) is 1.44. The molecule has 0 aromatic carbocycles. The second kappa shape index (κ2) is 4.21. The lowest BCUT2D eigenvalue weighted by Crippen LogP contribution is -2.33. The monoisotopic (exact) mass is 180 g/mol. The molecule has 68 valence electrons. The van der Waals surface area contributed by atoms with Crippen molar-refractivity contribution in [1.82, 2.24) is 15.6 Å². The third-order valence-corrected chi connectivity index (χ3v) is 1.46. The maximum atomic E-state index is 11.2. The predicted molar refractivity (Wildman–Crippen MR) is 41.5 cm³/mol. The Morgan fingerprint density at radius 3 is 3.15 bits per heavy atom. The van der Waals surface area contributed by atoms with Gasteiger partial charge in [0.2, 0.25) is 0 Å². The zero-order valence-corrected chi connectivity index (χ0v) is 7.02. The first kappa shape index (κ1) is 9.19. The molecule has 1 amide bonds. The second-order valence-corrected chi connectivity index (χ2v) is 2.36. The average molecular weight is 180 g/mol. The largest absolute Gasteiger partial charge is 0.335 e. The van der Waals surface area contributed by atoms with E-state index >= 15 is 0 Å². The zero-order chi connectivity index (χ0) is 9.68. The minimum absolute atomic E-state index is 0.0775. The van der Waals surface area contributed by atoms with E-state index in [9.17, 15) is 4.79 Å². The van der Waals surface area contributed by atoms with Crippen LogP contribution in [0.15, 0.2) is 10.8 Å². The molecule has 0 unspecified atom stereocenters. The SMILES string of the molecule is CC[C@H](C#N)NC(=O)c1cnon1. The summed E-state index contributed by atoms with van der Waals surface area (Å²) >= 11 is 0. The normalized spacial score (nSPS) is 11.7. The van der Waals surface area contributed by atoms with Crippen LogP contribution in [0.25, 0.3) is 0 Å². The molecular weight excluding hydrogens is 172 g/mol. The highest BCUT2D eigenvalue weighted by molar-refractivity contribution is 5.92. The van der Waals surface area contributed by atoms with E-state index in [1.54, 1.807) is 6.92 Å². The molecule has 13 heavy (non-hydrogen) atoms. The first-order chi connectivity index (χ1) is 6.27. The molecule has 1 rings (SSSR count).